The number of nitrogens with zero attached hydrogens (tertiary/aromatic N) is 1. The predicted molar refractivity (Wildman–Crippen MR) is 73.5 cm³/mol. The van der Waals surface area contributed by atoms with E-state index in [1.807, 2.05) is 0 Å². The molecule has 0 unspecified atom stereocenters. The summed E-state index contributed by atoms with van der Waals surface area (Å²) in [5.74, 6) is 0. The fraction of sp³-hybridized carbons (Fsp3) is 0.167. The summed E-state index contributed by atoms with van der Waals surface area (Å²) in [6, 6.07) is 4.64. The molecule has 0 radical (unpaired) electrons. The number of hydrogen-bond donors (Lipinski definition) is 2. The Labute approximate surface area is 116 Å². The van der Waals surface area contributed by atoms with Gasteiger partial charge in [-0.15, -0.1) is 12.6 Å². The number of aryl methyl sites for hydroxylation is 2. The van der Waals surface area contributed by atoms with E-state index in [1.165, 1.54) is 0 Å². The van der Waals surface area contributed by atoms with Crippen molar-refractivity contribution in [2.45, 2.75) is 28.8 Å². The number of benzene rings is 1. The average Bonchev–Trinajstić information content (AvgIpc) is 2.34. The predicted octanol–water partition coefficient (Wildman–Crippen LogP) is 1.51. The van der Waals surface area contributed by atoms with E-state index in [0.717, 1.165) is 17.8 Å². The first-order valence-electron chi connectivity index (χ1n) is 5.43. The van der Waals surface area contributed by atoms with Gasteiger partial charge in [0.25, 0.3) is 5.56 Å². The lowest BCUT2D eigenvalue weighted by atomic mass is 10.2. The third-order valence-corrected chi connectivity index (χ3v) is 5.21. The van der Waals surface area contributed by atoms with Crippen molar-refractivity contribution in [2.24, 2.45) is 0 Å². The van der Waals surface area contributed by atoms with Crippen molar-refractivity contribution < 1.29 is 8.42 Å². The Morgan fingerprint density at radius 2 is 1.79 bits per heavy atom. The third kappa shape index (κ3) is 2.43. The summed E-state index contributed by atoms with van der Waals surface area (Å²) >= 11 is 4.25. The van der Waals surface area contributed by atoms with Crippen LogP contribution in [0.5, 0.6) is 0 Å². The molecular weight excluding hydrogens is 284 g/mol. The van der Waals surface area contributed by atoms with Crippen LogP contribution >= 0.6 is 12.6 Å². The maximum Gasteiger partial charge on any atom is 0.251 e. The first-order valence-corrected chi connectivity index (χ1v) is 7.36. The lowest BCUT2D eigenvalue weighted by molar-refractivity contribution is 0.583. The van der Waals surface area contributed by atoms with Gasteiger partial charge in [-0.1, -0.05) is 12.1 Å². The second kappa shape index (κ2) is 4.82. The van der Waals surface area contributed by atoms with Crippen LogP contribution in [-0.2, 0) is 9.84 Å². The van der Waals surface area contributed by atoms with Gasteiger partial charge in [-0.2, -0.15) is 0 Å². The zero-order valence-corrected chi connectivity index (χ0v) is 12.0. The van der Waals surface area contributed by atoms with Gasteiger partial charge in [-0.3, -0.25) is 9.78 Å². The molecule has 7 heteroatoms. The molecule has 0 aliphatic heterocycles. The van der Waals surface area contributed by atoms with Crippen molar-refractivity contribution in [3.05, 3.63) is 45.9 Å². The number of aromatic amines is 1. The number of H-pyrrole nitrogens is 1. The highest BCUT2D eigenvalue weighted by Crippen LogP contribution is 2.29. The van der Waals surface area contributed by atoms with Crippen LogP contribution in [0.2, 0.25) is 0 Å². The summed E-state index contributed by atoms with van der Waals surface area (Å²) in [6.07, 6.45) is 1.16. The molecule has 1 aromatic carbocycles. The molecule has 0 saturated carbocycles. The molecule has 0 spiro atoms. The number of nitrogens with one attached hydrogen (secondary N) is 1. The first kappa shape index (κ1) is 13.8. The number of rotatable bonds is 2. The second-order valence-corrected chi connectivity index (χ2v) is 6.37. The van der Waals surface area contributed by atoms with Crippen LogP contribution in [0.25, 0.3) is 0 Å². The number of sulfone groups is 1. The van der Waals surface area contributed by atoms with Crippen molar-refractivity contribution >= 4 is 22.5 Å². The Kier molecular flexibility index (Phi) is 3.51. The monoisotopic (exact) mass is 296 g/mol. The average molecular weight is 296 g/mol. The van der Waals surface area contributed by atoms with E-state index in [-0.39, 0.29) is 10.1 Å². The molecule has 5 nitrogen and oxygen atoms in total. The van der Waals surface area contributed by atoms with E-state index in [0.29, 0.717) is 10.5 Å². The van der Waals surface area contributed by atoms with Gasteiger partial charge < -0.3 is 0 Å². The quantitative estimate of drug-likeness (QED) is 0.650. The van der Waals surface area contributed by atoms with Gasteiger partial charge in [0.1, 0.15) is 0 Å². The fourth-order valence-electron chi connectivity index (χ4n) is 1.69. The summed E-state index contributed by atoms with van der Waals surface area (Å²) in [7, 11) is -3.89. The molecule has 0 saturated heterocycles. The van der Waals surface area contributed by atoms with Gasteiger partial charge in [0.2, 0.25) is 15.0 Å². The summed E-state index contributed by atoms with van der Waals surface area (Å²) < 4.78 is 25.0. The minimum atomic E-state index is -3.89. The topological polar surface area (TPSA) is 79.9 Å². The molecule has 100 valence electrons. The molecule has 1 N–H and O–H groups in total. The van der Waals surface area contributed by atoms with Gasteiger partial charge in [0.05, 0.1) is 4.90 Å². The molecule has 2 aromatic rings. The maximum absolute atomic E-state index is 12.5. The summed E-state index contributed by atoms with van der Waals surface area (Å²) in [6.45, 7) is 3.44. The highest BCUT2D eigenvalue weighted by atomic mass is 32.2. The van der Waals surface area contributed by atoms with Crippen molar-refractivity contribution in [1.82, 2.24) is 9.97 Å². The Morgan fingerprint density at radius 1 is 1.16 bits per heavy atom. The van der Waals surface area contributed by atoms with Gasteiger partial charge in [0, 0.05) is 17.2 Å². The smallest absolute Gasteiger partial charge is 0.251 e. The minimum Gasteiger partial charge on any atom is -0.297 e. The van der Waals surface area contributed by atoms with Crippen LogP contribution in [-0.4, -0.2) is 18.4 Å². The van der Waals surface area contributed by atoms with Gasteiger partial charge >= 0.3 is 0 Å². The van der Waals surface area contributed by atoms with Gasteiger partial charge in [-0.25, -0.2) is 13.4 Å². The molecule has 19 heavy (non-hydrogen) atoms. The molecule has 0 aliphatic carbocycles. The van der Waals surface area contributed by atoms with Crippen LogP contribution in [0.4, 0.5) is 0 Å². The highest BCUT2D eigenvalue weighted by molar-refractivity contribution is 7.92. The Hall–Kier alpha value is -1.60. The van der Waals surface area contributed by atoms with E-state index in [1.54, 1.807) is 26.0 Å². The fourth-order valence-corrected chi connectivity index (χ4v) is 3.84. The van der Waals surface area contributed by atoms with E-state index in [4.69, 9.17) is 0 Å². The largest absolute Gasteiger partial charge is 0.297 e. The van der Waals surface area contributed by atoms with E-state index in [9.17, 15) is 13.2 Å². The highest BCUT2D eigenvalue weighted by Gasteiger charge is 2.25. The number of hydrogen-bond acceptors (Lipinski definition) is 5. The molecule has 0 bridgehead atoms. The standard InChI is InChI=1S/C12H12N2O3S2/c1-7-3-4-8(2)11(10(7)18)19(16,17)12-13-6-5-9(15)14-12/h3-6,18H,1-2H3,(H,13,14,15). The molecule has 0 fully saturated rings. The second-order valence-electron chi connectivity index (χ2n) is 4.12. The van der Waals surface area contributed by atoms with Crippen molar-refractivity contribution in [2.75, 3.05) is 0 Å². The molecule has 0 atom stereocenters. The van der Waals surface area contributed by atoms with E-state index in [2.05, 4.69) is 22.6 Å². The molecule has 0 amide bonds. The Balaban J connectivity index is 2.78. The van der Waals surface area contributed by atoms with Gasteiger partial charge in [0.15, 0.2) is 0 Å². The molecular formula is C12H12N2O3S2. The number of thiol groups is 1. The van der Waals surface area contributed by atoms with Crippen molar-refractivity contribution in [1.29, 1.82) is 0 Å². The first-order chi connectivity index (χ1) is 8.84. The zero-order chi connectivity index (χ0) is 14.2. The number of aromatic nitrogens is 2. The van der Waals surface area contributed by atoms with E-state index >= 15 is 0 Å². The molecule has 1 heterocycles. The van der Waals surface area contributed by atoms with Crippen LogP contribution in [0.15, 0.2) is 44.1 Å². The van der Waals surface area contributed by atoms with Crippen LogP contribution in [0, 0.1) is 13.8 Å². The lowest BCUT2D eigenvalue weighted by Crippen LogP contribution is -2.15. The Morgan fingerprint density at radius 3 is 2.42 bits per heavy atom. The molecule has 2 rings (SSSR count). The minimum absolute atomic E-state index is 0.0742. The summed E-state index contributed by atoms with van der Waals surface area (Å²) in [4.78, 5) is 17.6. The summed E-state index contributed by atoms with van der Waals surface area (Å²) in [5.41, 5.74) is 0.785. The SMILES string of the molecule is Cc1ccc(C)c(S(=O)(=O)c2nccc(=O)[nH]2)c1S. The summed E-state index contributed by atoms with van der Waals surface area (Å²) in [5, 5.41) is -0.371. The van der Waals surface area contributed by atoms with Gasteiger partial charge in [-0.05, 0) is 25.0 Å². The lowest BCUT2D eigenvalue weighted by Gasteiger charge is -2.11. The Bertz CT molecular complexity index is 795. The molecule has 1 aromatic heterocycles. The van der Waals surface area contributed by atoms with Crippen molar-refractivity contribution in [3.8, 4) is 0 Å². The van der Waals surface area contributed by atoms with Crippen LogP contribution < -0.4 is 5.56 Å². The maximum atomic E-state index is 12.5. The van der Waals surface area contributed by atoms with E-state index < -0.39 is 15.4 Å². The van der Waals surface area contributed by atoms with Crippen molar-refractivity contribution in [3.63, 3.8) is 0 Å². The molecule has 0 aliphatic rings. The third-order valence-electron chi connectivity index (χ3n) is 2.70. The zero-order valence-electron chi connectivity index (χ0n) is 10.3. The van der Waals surface area contributed by atoms with Crippen LogP contribution in [0.3, 0.4) is 0 Å². The normalized spacial score (nSPS) is 11.5. The van der Waals surface area contributed by atoms with Crippen LogP contribution in [0.1, 0.15) is 11.1 Å².